The predicted octanol–water partition coefficient (Wildman–Crippen LogP) is 3.23. The summed E-state index contributed by atoms with van der Waals surface area (Å²) in [5.41, 5.74) is 0.660. The number of halogens is 3. The van der Waals surface area contributed by atoms with Crippen molar-refractivity contribution in [1.29, 1.82) is 0 Å². The van der Waals surface area contributed by atoms with Crippen LogP contribution in [0.4, 0.5) is 0 Å². The standard InChI is InChI=1S/C11H12BrCl2N5/c1-2-5-15-6-9-16-17-18-19(9)8-4-3-7(12)10(13)11(8)14/h3-4,15H,2,5-6H2,1H3. The first-order chi connectivity index (χ1) is 9.15. The molecule has 1 N–H and O–H groups in total. The van der Waals surface area contributed by atoms with Gasteiger partial charge in [0.05, 0.1) is 22.3 Å². The molecule has 8 heteroatoms. The molecule has 0 aliphatic rings. The Hall–Kier alpha value is -0.690. The quantitative estimate of drug-likeness (QED) is 0.653. The molecule has 0 saturated heterocycles. The molecular formula is C11H12BrCl2N5. The average Bonchev–Trinajstić information content (AvgIpc) is 2.85. The van der Waals surface area contributed by atoms with Crippen LogP contribution in [0.2, 0.25) is 10.0 Å². The highest BCUT2D eigenvalue weighted by Gasteiger charge is 2.14. The SMILES string of the molecule is CCCNCc1nnnn1-c1ccc(Br)c(Cl)c1Cl. The summed E-state index contributed by atoms with van der Waals surface area (Å²) in [5.74, 6) is 0.689. The first-order valence-corrected chi connectivity index (χ1v) is 7.32. The van der Waals surface area contributed by atoms with E-state index in [1.165, 1.54) is 0 Å². The third kappa shape index (κ3) is 3.25. The van der Waals surface area contributed by atoms with Crippen molar-refractivity contribution in [3.8, 4) is 5.69 Å². The molecular weight excluding hydrogens is 353 g/mol. The maximum atomic E-state index is 6.22. The van der Waals surface area contributed by atoms with Crippen LogP contribution in [0.1, 0.15) is 19.2 Å². The lowest BCUT2D eigenvalue weighted by molar-refractivity contribution is 0.633. The molecule has 1 aromatic carbocycles. The maximum Gasteiger partial charge on any atom is 0.170 e. The second-order valence-corrected chi connectivity index (χ2v) is 5.49. The van der Waals surface area contributed by atoms with Gasteiger partial charge in [-0.25, -0.2) is 0 Å². The van der Waals surface area contributed by atoms with E-state index in [-0.39, 0.29) is 0 Å². The van der Waals surface area contributed by atoms with Crippen LogP contribution < -0.4 is 5.32 Å². The van der Waals surface area contributed by atoms with Crippen molar-refractivity contribution in [2.24, 2.45) is 0 Å². The van der Waals surface area contributed by atoms with Crippen molar-refractivity contribution in [2.75, 3.05) is 6.54 Å². The summed E-state index contributed by atoms with van der Waals surface area (Å²) >= 11 is 15.7. The Morgan fingerprint density at radius 1 is 1.32 bits per heavy atom. The second-order valence-electron chi connectivity index (χ2n) is 3.88. The highest BCUT2D eigenvalue weighted by atomic mass is 79.9. The van der Waals surface area contributed by atoms with Crippen LogP contribution in [0.25, 0.3) is 5.69 Å². The van der Waals surface area contributed by atoms with Gasteiger partial charge in [0.1, 0.15) is 0 Å². The molecule has 0 amide bonds. The normalized spacial score (nSPS) is 10.9. The van der Waals surface area contributed by atoms with Gasteiger partial charge >= 0.3 is 0 Å². The highest BCUT2D eigenvalue weighted by Crippen LogP contribution is 2.34. The van der Waals surface area contributed by atoms with Gasteiger partial charge in [0, 0.05) is 4.47 Å². The first kappa shape index (κ1) is 14.7. The van der Waals surface area contributed by atoms with E-state index in [0.29, 0.717) is 28.1 Å². The van der Waals surface area contributed by atoms with E-state index in [1.54, 1.807) is 4.68 Å². The van der Waals surface area contributed by atoms with Gasteiger partial charge in [-0.15, -0.1) is 5.10 Å². The minimum atomic E-state index is 0.417. The molecule has 0 atom stereocenters. The lowest BCUT2D eigenvalue weighted by Gasteiger charge is -2.09. The molecule has 1 heterocycles. The van der Waals surface area contributed by atoms with Gasteiger partial charge in [-0.3, -0.25) is 0 Å². The molecule has 0 bridgehead atoms. The maximum absolute atomic E-state index is 6.22. The van der Waals surface area contributed by atoms with E-state index in [9.17, 15) is 0 Å². The second kappa shape index (κ2) is 6.65. The summed E-state index contributed by atoms with van der Waals surface area (Å²) in [6.45, 7) is 3.58. The molecule has 0 unspecified atom stereocenters. The Labute approximate surface area is 129 Å². The number of nitrogens with one attached hydrogen (secondary N) is 1. The van der Waals surface area contributed by atoms with Gasteiger partial charge in [-0.2, -0.15) is 4.68 Å². The van der Waals surface area contributed by atoms with Gasteiger partial charge in [0.15, 0.2) is 5.82 Å². The summed E-state index contributed by atoms with van der Waals surface area (Å²) in [6.07, 6.45) is 1.05. The number of benzene rings is 1. The summed E-state index contributed by atoms with van der Waals surface area (Å²) < 4.78 is 2.32. The summed E-state index contributed by atoms with van der Waals surface area (Å²) in [5, 5.41) is 15.7. The Balaban J connectivity index is 2.32. The molecule has 1 aromatic heterocycles. The number of hydrogen-bond donors (Lipinski definition) is 1. The lowest BCUT2D eigenvalue weighted by Crippen LogP contribution is -2.17. The van der Waals surface area contributed by atoms with E-state index < -0.39 is 0 Å². The van der Waals surface area contributed by atoms with Gasteiger partial charge in [0.25, 0.3) is 0 Å². The van der Waals surface area contributed by atoms with Crippen LogP contribution in [0.15, 0.2) is 16.6 Å². The van der Waals surface area contributed by atoms with Crippen molar-refractivity contribution in [3.63, 3.8) is 0 Å². The number of rotatable bonds is 5. The van der Waals surface area contributed by atoms with Gasteiger partial charge in [-0.1, -0.05) is 30.1 Å². The van der Waals surface area contributed by atoms with Crippen LogP contribution in [0.5, 0.6) is 0 Å². The third-order valence-electron chi connectivity index (χ3n) is 2.49. The third-order valence-corrected chi connectivity index (χ3v) is 4.25. The molecule has 0 radical (unpaired) electrons. The van der Waals surface area contributed by atoms with Crippen molar-refractivity contribution < 1.29 is 0 Å². The van der Waals surface area contributed by atoms with Crippen molar-refractivity contribution >= 4 is 39.1 Å². The number of aromatic nitrogens is 4. The van der Waals surface area contributed by atoms with E-state index in [1.807, 2.05) is 12.1 Å². The Morgan fingerprint density at radius 2 is 2.11 bits per heavy atom. The molecule has 5 nitrogen and oxygen atoms in total. The predicted molar refractivity (Wildman–Crippen MR) is 78.9 cm³/mol. The monoisotopic (exact) mass is 363 g/mol. The molecule has 2 rings (SSSR count). The largest absolute Gasteiger partial charge is 0.310 e. The zero-order chi connectivity index (χ0) is 13.8. The lowest BCUT2D eigenvalue weighted by atomic mass is 10.3. The molecule has 0 fully saturated rings. The number of tetrazole rings is 1. The molecule has 102 valence electrons. The zero-order valence-corrected chi connectivity index (χ0v) is 13.3. The number of nitrogens with zero attached hydrogens (tertiary/aromatic N) is 4. The molecule has 19 heavy (non-hydrogen) atoms. The number of hydrogen-bond acceptors (Lipinski definition) is 4. The molecule has 0 spiro atoms. The minimum absolute atomic E-state index is 0.417. The minimum Gasteiger partial charge on any atom is -0.310 e. The summed E-state index contributed by atoms with van der Waals surface area (Å²) in [6, 6.07) is 3.63. The fourth-order valence-corrected chi connectivity index (χ4v) is 2.41. The van der Waals surface area contributed by atoms with Crippen LogP contribution >= 0.6 is 39.1 Å². The zero-order valence-electron chi connectivity index (χ0n) is 10.2. The van der Waals surface area contributed by atoms with E-state index >= 15 is 0 Å². The van der Waals surface area contributed by atoms with Crippen LogP contribution in [0, 0.1) is 0 Å². The Kier molecular flexibility index (Phi) is 5.15. The van der Waals surface area contributed by atoms with Crippen molar-refractivity contribution in [2.45, 2.75) is 19.9 Å². The summed E-state index contributed by atoms with van der Waals surface area (Å²) in [7, 11) is 0. The molecule has 0 saturated carbocycles. The van der Waals surface area contributed by atoms with Gasteiger partial charge in [0.2, 0.25) is 0 Å². The van der Waals surface area contributed by atoms with Crippen LogP contribution in [-0.2, 0) is 6.54 Å². The highest BCUT2D eigenvalue weighted by molar-refractivity contribution is 9.10. The molecule has 2 aromatic rings. The smallest absolute Gasteiger partial charge is 0.170 e. The fourth-order valence-electron chi connectivity index (χ4n) is 1.56. The Bertz CT molecular complexity index is 572. The Morgan fingerprint density at radius 3 is 2.84 bits per heavy atom. The van der Waals surface area contributed by atoms with Gasteiger partial charge in [-0.05, 0) is 51.5 Å². The first-order valence-electron chi connectivity index (χ1n) is 5.77. The summed E-state index contributed by atoms with van der Waals surface area (Å²) in [4.78, 5) is 0. The van der Waals surface area contributed by atoms with Crippen LogP contribution in [-0.4, -0.2) is 26.8 Å². The van der Waals surface area contributed by atoms with E-state index in [4.69, 9.17) is 23.2 Å². The molecule has 0 aliphatic heterocycles. The van der Waals surface area contributed by atoms with Crippen LogP contribution in [0.3, 0.4) is 0 Å². The molecule has 0 aliphatic carbocycles. The van der Waals surface area contributed by atoms with Crippen molar-refractivity contribution in [3.05, 3.63) is 32.5 Å². The average molecular weight is 365 g/mol. The van der Waals surface area contributed by atoms with Gasteiger partial charge < -0.3 is 5.32 Å². The fraction of sp³-hybridized carbons (Fsp3) is 0.364. The van der Waals surface area contributed by atoms with E-state index in [2.05, 4.69) is 43.7 Å². The topological polar surface area (TPSA) is 55.6 Å². The van der Waals surface area contributed by atoms with Crippen molar-refractivity contribution in [1.82, 2.24) is 25.5 Å². The van der Waals surface area contributed by atoms with E-state index in [0.717, 1.165) is 17.4 Å².